The summed E-state index contributed by atoms with van der Waals surface area (Å²) in [5.74, 6) is -0.239. The number of aliphatic hydroxyl groups excluding tert-OH is 1. The molecule has 16 heavy (non-hydrogen) atoms. The van der Waals surface area contributed by atoms with Gasteiger partial charge in [-0.1, -0.05) is 12.1 Å². The quantitative estimate of drug-likeness (QED) is 0.315. The van der Waals surface area contributed by atoms with Crippen molar-refractivity contribution in [2.24, 2.45) is 0 Å². The molecule has 0 amide bonds. The normalized spacial score (nSPS) is 10.1. The summed E-state index contributed by atoms with van der Waals surface area (Å²) in [6.07, 6.45) is 0. The Bertz CT molecular complexity index is 392. The Balaban J connectivity index is 2.68. The number of Topliss-reactive ketones (excluding diaryl/α,β-unsaturated/α-hetero) is 1. The number of ketones is 1. The molecule has 0 spiro atoms. The number of benzene rings is 1. The molecule has 0 unspecified atom stereocenters. The Morgan fingerprint density at radius 1 is 1.50 bits per heavy atom. The Morgan fingerprint density at radius 2 is 2.25 bits per heavy atom. The van der Waals surface area contributed by atoms with Crippen molar-refractivity contribution in [3.8, 4) is 0 Å². The SMILES string of the molecule is O=C(CNCCO)c1cccc([N+](=O)[O-])c1. The molecule has 2 N–H and O–H groups in total. The molecule has 0 aliphatic heterocycles. The minimum atomic E-state index is -0.544. The van der Waals surface area contributed by atoms with Crippen LogP contribution in [0.25, 0.3) is 0 Å². The average Bonchev–Trinajstić information content (AvgIpc) is 2.29. The molecule has 6 heteroatoms. The van der Waals surface area contributed by atoms with E-state index in [0.29, 0.717) is 12.1 Å². The van der Waals surface area contributed by atoms with E-state index in [9.17, 15) is 14.9 Å². The fourth-order valence-corrected chi connectivity index (χ4v) is 1.18. The monoisotopic (exact) mass is 224 g/mol. The predicted octanol–water partition coefficient (Wildman–Crippen LogP) is 0.359. The highest BCUT2D eigenvalue weighted by Crippen LogP contribution is 2.13. The predicted molar refractivity (Wildman–Crippen MR) is 57.4 cm³/mol. The minimum Gasteiger partial charge on any atom is -0.395 e. The first-order valence-corrected chi connectivity index (χ1v) is 4.74. The molecule has 0 saturated heterocycles. The van der Waals surface area contributed by atoms with Crippen LogP contribution in [0.3, 0.4) is 0 Å². The molecule has 0 saturated carbocycles. The number of carbonyl (C=O) groups excluding carboxylic acids is 1. The van der Waals surface area contributed by atoms with E-state index in [1.807, 2.05) is 0 Å². The number of nitrogens with zero attached hydrogens (tertiary/aromatic N) is 1. The van der Waals surface area contributed by atoms with E-state index in [4.69, 9.17) is 5.11 Å². The maximum Gasteiger partial charge on any atom is 0.270 e. The largest absolute Gasteiger partial charge is 0.395 e. The van der Waals surface area contributed by atoms with Crippen molar-refractivity contribution in [2.75, 3.05) is 19.7 Å². The molecule has 0 atom stereocenters. The maximum absolute atomic E-state index is 11.5. The van der Waals surface area contributed by atoms with Gasteiger partial charge in [-0.25, -0.2) is 0 Å². The van der Waals surface area contributed by atoms with Crippen molar-refractivity contribution in [1.29, 1.82) is 0 Å². The van der Waals surface area contributed by atoms with E-state index in [2.05, 4.69) is 5.32 Å². The molecule has 0 aromatic heterocycles. The van der Waals surface area contributed by atoms with Gasteiger partial charge in [0.15, 0.2) is 5.78 Å². The van der Waals surface area contributed by atoms with Crippen LogP contribution < -0.4 is 5.32 Å². The number of rotatable bonds is 6. The number of non-ortho nitro benzene ring substituents is 1. The number of carbonyl (C=O) groups is 1. The molecule has 86 valence electrons. The van der Waals surface area contributed by atoms with Gasteiger partial charge in [0.25, 0.3) is 5.69 Å². The Labute approximate surface area is 92.0 Å². The van der Waals surface area contributed by atoms with E-state index in [0.717, 1.165) is 0 Å². The first-order valence-electron chi connectivity index (χ1n) is 4.74. The summed E-state index contributed by atoms with van der Waals surface area (Å²) in [4.78, 5) is 21.5. The van der Waals surface area contributed by atoms with E-state index in [1.54, 1.807) is 0 Å². The summed E-state index contributed by atoms with van der Waals surface area (Å²) in [5.41, 5.74) is 0.188. The van der Waals surface area contributed by atoms with Gasteiger partial charge in [-0.2, -0.15) is 0 Å². The second kappa shape index (κ2) is 5.94. The molecular weight excluding hydrogens is 212 g/mol. The van der Waals surface area contributed by atoms with Gasteiger partial charge in [-0.05, 0) is 0 Å². The zero-order chi connectivity index (χ0) is 12.0. The van der Waals surface area contributed by atoms with Crippen molar-refractivity contribution in [3.05, 3.63) is 39.9 Å². The van der Waals surface area contributed by atoms with Crippen LogP contribution in [0, 0.1) is 10.1 Å². The first kappa shape index (κ1) is 12.3. The molecule has 0 heterocycles. The summed E-state index contributed by atoms with van der Waals surface area (Å²) in [6.45, 7) is 0.324. The van der Waals surface area contributed by atoms with Crippen LogP contribution in [0.5, 0.6) is 0 Å². The van der Waals surface area contributed by atoms with Gasteiger partial charge in [0.05, 0.1) is 18.1 Å². The number of hydrogen-bond acceptors (Lipinski definition) is 5. The van der Waals surface area contributed by atoms with Crippen molar-refractivity contribution in [2.45, 2.75) is 0 Å². The molecule has 1 aromatic carbocycles. The fourth-order valence-electron chi connectivity index (χ4n) is 1.18. The van der Waals surface area contributed by atoms with E-state index < -0.39 is 4.92 Å². The molecule has 0 aliphatic carbocycles. The highest BCUT2D eigenvalue weighted by Gasteiger charge is 2.10. The van der Waals surface area contributed by atoms with Gasteiger partial charge in [0.1, 0.15) is 0 Å². The maximum atomic E-state index is 11.5. The Hall–Kier alpha value is -1.79. The smallest absolute Gasteiger partial charge is 0.270 e. The number of hydrogen-bond donors (Lipinski definition) is 2. The number of nitro groups is 1. The Morgan fingerprint density at radius 3 is 2.88 bits per heavy atom. The van der Waals surface area contributed by atoms with E-state index in [-0.39, 0.29) is 24.6 Å². The number of nitro benzene ring substituents is 1. The van der Waals surface area contributed by atoms with E-state index in [1.165, 1.54) is 24.3 Å². The van der Waals surface area contributed by atoms with E-state index >= 15 is 0 Å². The molecule has 6 nitrogen and oxygen atoms in total. The van der Waals surface area contributed by atoms with Crippen LogP contribution in [0.4, 0.5) is 5.69 Å². The summed E-state index contributed by atoms with van der Waals surface area (Å²) < 4.78 is 0. The number of aliphatic hydroxyl groups is 1. The van der Waals surface area contributed by atoms with Gasteiger partial charge in [-0.15, -0.1) is 0 Å². The molecule has 1 aromatic rings. The highest BCUT2D eigenvalue weighted by molar-refractivity contribution is 5.98. The fraction of sp³-hybridized carbons (Fsp3) is 0.300. The van der Waals surface area contributed by atoms with Gasteiger partial charge < -0.3 is 10.4 Å². The third-order valence-electron chi connectivity index (χ3n) is 1.95. The third kappa shape index (κ3) is 3.41. The molecule has 0 bridgehead atoms. The van der Waals surface area contributed by atoms with Crippen LogP contribution in [0.2, 0.25) is 0 Å². The topological polar surface area (TPSA) is 92.5 Å². The highest BCUT2D eigenvalue weighted by atomic mass is 16.6. The first-order chi connectivity index (χ1) is 7.65. The zero-order valence-corrected chi connectivity index (χ0v) is 8.55. The lowest BCUT2D eigenvalue weighted by molar-refractivity contribution is -0.384. The van der Waals surface area contributed by atoms with Crippen molar-refractivity contribution in [3.63, 3.8) is 0 Å². The summed E-state index contributed by atoms with van der Waals surface area (Å²) in [7, 11) is 0. The van der Waals surface area contributed by atoms with Crippen LogP contribution >= 0.6 is 0 Å². The van der Waals surface area contributed by atoms with Crippen LogP contribution in [0.1, 0.15) is 10.4 Å². The lowest BCUT2D eigenvalue weighted by atomic mass is 10.1. The molecule has 0 radical (unpaired) electrons. The van der Waals surface area contributed by atoms with Gasteiger partial charge in [-0.3, -0.25) is 14.9 Å². The van der Waals surface area contributed by atoms with Crippen molar-refractivity contribution in [1.82, 2.24) is 5.32 Å². The average molecular weight is 224 g/mol. The second-order valence-corrected chi connectivity index (χ2v) is 3.13. The van der Waals surface area contributed by atoms with Crippen molar-refractivity contribution < 1.29 is 14.8 Å². The Kier molecular flexibility index (Phi) is 4.56. The lowest BCUT2D eigenvalue weighted by Gasteiger charge is -2.02. The van der Waals surface area contributed by atoms with Gasteiger partial charge in [0, 0.05) is 24.2 Å². The van der Waals surface area contributed by atoms with Gasteiger partial charge >= 0.3 is 0 Å². The van der Waals surface area contributed by atoms with Crippen LogP contribution in [-0.4, -0.2) is 35.5 Å². The summed E-state index contributed by atoms with van der Waals surface area (Å²) in [6, 6.07) is 5.56. The summed E-state index contributed by atoms with van der Waals surface area (Å²) >= 11 is 0. The molecule has 1 rings (SSSR count). The number of nitrogens with one attached hydrogen (secondary N) is 1. The zero-order valence-electron chi connectivity index (χ0n) is 8.55. The van der Waals surface area contributed by atoms with Gasteiger partial charge in [0.2, 0.25) is 0 Å². The standard InChI is InChI=1S/C10H12N2O4/c13-5-4-11-7-10(14)8-2-1-3-9(6-8)12(15)16/h1-3,6,11,13H,4-5,7H2. The molecule has 0 fully saturated rings. The molecule has 0 aliphatic rings. The van der Waals surface area contributed by atoms with Crippen molar-refractivity contribution >= 4 is 11.5 Å². The second-order valence-electron chi connectivity index (χ2n) is 3.13. The molecular formula is C10H12N2O4. The summed E-state index contributed by atoms with van der Waals surface area (Å²) in [5, 5.41) is 21.7. The lowest BCUT2D eigenvalue weighted by Crippen LogP contribution is -2.25. The van der Waals surface area contributed by atoms with Crippen LogP contribution in [-0.2, 0) is 0 Å². The third-order valence-corrected chi connectivity index (χ3v) is 1.95. The minimum absolute atomic E-state index is 0.0534. The van der Waals surface area contributed by atoms with Crippen LogP contribution in [0.15, 0.2) is 24.3 Å².